The Balaban J connectivity index is 1.25. The first-order chi connectivity index (χ1) is 17.0. The highest BCUT2D eigenvalue weighted by Gasteiger charge is 2.53. The monoisotopic (exact) mass is 466 g/mol. The molecule has 1 spiro atoms. The van der Waals surface area contributed by atoms with Gasteiger partial charge in [0.1, 0.15) is 29.5 Å². The molecule has 1 aliphatic heterocycles. The highest BCUT2D eigenvalue weighted by molar-refractivity contribution is 6.16. The van der Waals surface area contributed by atoms with Crippen LogP contribution in [0.25, 0.3) is 0 Å². The summed E-state index contributed by atoms with van der Waals surface area (Å²) in [5.74, 6) is 7.40. The zero-order valence-electron chi connectivity index (χ0n) is 19.4. The molecule has 2 aromatic carbocycles. The van der Waals surface area contributed by atoms with Gasteiger partial charge >= 0.3 is 0 Å². The second-order valence-electron chi connectivity index (χ2n) is 9.08. The Morgan fingerprint density at radius 1 is 1.11 bits per heavy atom. The lowest BCUT2D eigenvalue weighted by Gasteiger charge is -2.58. The summed E-state index contributed by atoms with van der Waals surface area (Å²) in [6, 6.07) is 17.0. The molecule has 5 rings (SSSR count). The summed E-state index contributed by atoms with van der Waals surface area (Å²) in [6.07, 6.45) is 3.27. The third-order valence-electron chi connectivity index (χ3n) is 6.52. The maximum absolute atomic E-state index is 11.9. The van der Waals surface area contributed by atoms with E-state index in [2.05, 4.69) is 27.1 Å². The van der Waals surface area contributed by atoms with Crippen molar-refractivity contribution in [3.8, 4) is 23.3 Å². The number of likely N-dealkylation sites (tertiary alicyclic amines) is 1. The molecule has 0 unspecified atom stereocenters. The first-order valence-corrected chi connectivity index (χ1v) is 11.5. The molecule has 1 saturated heterocycles. The van der Waals surface area contributed by atoms with Crippen LogP contribution in [0.2, 0.25) is 0 Å². The fraction of sp³-hybridized carbons (Fsp3) is 0.259. The predicted molar refractivity (Wildman–Crippen MR) is 134 cm³/mol. The molecule has 0 atom stereocenters. The van der Waals surface area contributed by atoms with Gasteiger partial charge in [0.25, 0.3) is 5.91 Å². The number of benzene rings is 2. The number of nitrogens with two attached hydrogens (primary N) is 1. The smallest absolute Gasteiger partial charge is 0.298 e. The quantitative estimate of drug-likeness (QED) is 0.377. The lowest BCUT2D eigenvalue weighted by Crippen LogP contribution is -2.66. The van der Waals surface area contributed by atoms with Crippen LogP contribution < -0.4 is 15.8 Å². The maximum atomic E-state index is 11.9. The minimum absolute atomic E-state index is 0.103. The van der Waals surface area contributed by atoms with Gasteiger partial charge in [0, 0.05) is 30.1 Å². The average Bonchev–Trinajstić information content (AvgIpc) is 2.80. The molecule has 1 amide bonds. The van der Waals surface area contributed by atoms with Crippen LogP contribution >= 0.6 is 0 Å². The highest BCUT2D eigenvalue weighted by Crippen LogP contribution is 2.49. The molecule has 8 nitrogen and oxygen atoms in total. The Morgan fingerprint density at radius 2 is 1.80 bits per heavy atom. The molecule has 1 aliphatic carbocycles. The van der Waals surface area contributed by atoms with E-state index in [1.807, 2.05) is 54.6 Å². The first kappa shape index (κ1) is 22.4. The van der Waals surface area contributed by atoms with Crippen LogP contribution in [0.1, 0.15) is 30.9 Å². The van der Waals surface area contributed by atoms with Crippen molar-refractivity contribution < 1.29 is 9.53 Å². The van der Waals surface area contributed by atoms with Gasteiger partial charge in [-0.2, -0.15) is 0 Å². The summed E-state index contributed by atoms with van der Waals surface area (Å²) in [5.41, 5.74) is 7.75. The number of para-hydroxylation sites is 1. The molecule has 0 radical (unpaired) electrons. The summed E-state index contributed by atoms with van der Waals surface area (Å²) < 4.78 is 5.85. The van der Waals surface area contributed by atoms with E-state index in [0.717, 1.165) is 31.7 Å². The minimum Gasteiger partial charge on any atom is -0.457 e. The number of hydrogen-bond acceptors (Lipinski definition) is 7. The largest absolute Gasteiger partial charge is 0.457 e. The number of nitrogens with one attached hydrogen (secondary N) is 2. The van der Waals surface area contributed by atoms with Gasteiger partial charge in [0.05, 0.1) is 11.3 Å². The van der Waals surface area contributed by atoms with Crippen LogP contribution in [-0.2, 0) is 4.79 Å². The van der Waals surface area contributed by atoms with Gasteiger partial charge in [-0.25, -0.2) is 9.97 Å². The molecule has 2 heterocycles. The fourth-order valence-corrected chi connectivity index (χ4v) is 4.85. The van der Waals surface area contributed by atoms with Gasteiger partial charge in [-0.1, -0.05) is 24.1 Å². The lowest BCUT2D eigenvalue weighted by atomic mass is 9.60. The molecule has 1 saturated carbocycles. The number of nitrogen functional groups attached to an aromatic ring is 1. The number of carbonyl (C=O) groups is 1. The van der Waals surface area contributed by atoms with E-state index in [0.29, 0.717) is 22.7 Å². The molecule has 0 bridgehead atoms. The van der Waals surface area contributed by atoms with E-state index in [1.165, 1.54) is 6.33 Å². The minimum atomic E-state index is -0.103. The van der Waals surface area contributed by atoms with Crippen LogP contribution in [0, 0.1) is 22.7 Å². The SMILES string of the molecule is CC#CC(=O)N1CC2(CC(Nc3ncnc(N)c3C(=N)c3ccc(Oc4ccccc4)cc3)C2)C1. The molecule has 1 aromatic heterocycles. The van der Waals surface area contributed by atoms with Gasteiger partial charge in [-0.15, -0.1) is 0 Å². The van der Waals surface area contributed by atoms with Crippen LogP contribution in [0.4, 0.5) is 11.6 Å². The van der Waals surface area contributed by atoms with E-state index in [4.69, 9.17) is 15.9 Å². The highest BCUT2D eigenvalue weighted by atomic mass is 16.5. The van der Waals surface area contributed by atoms with Crippen molar-refractivity contribution >= 4 is 23.3 Å². The number of anilines is 2. The van der Waals surface area contributed by atoms with Gasteiger partial charge in [0.2, 0.25) is 0 Å². The van der Waals surface area contributed by atoms with E-state index in [-0.39, 0.29) is 28.9 Å². The molecular weight excluding hydrogens is 440 g/mol. The van der Waals surface area contributed by atoms with Crippen molar-refractivity contribution in [3.63, 3.8) is 0 Å². The van der Waals surface area contributed by atoms with Crippen molar-refractivity contribution in [2.24, 2.45) is 5.41 Å². The van der Waals surface area contributed by atoms with E-state index in [9.17, 15) is 4.79 Å². The summed E-state index contributed by atoms with van der Waals surface area (Å²) >= 11 is 0. The van der Waals surface area contributed by atoms with Crippen molar-refractivity contribution in [1.82, 2.24) is 14.9 Å². The molecule has 4 N–H and O–H groups in total. The number of ether oxygens (including phenoxy) is 1. The Labute approximate surface area is 204 Å². The molecule has 176 valence electrons. The fourth-order valence-electron chi connectivity index (χ4n) is 4.85. The number of aromatic nitrogens is 2. The second-order valence-corrected chi connectivity index (χ2v) is 9.08. The summed E-state index contributed by atoms with van der Waals surface area (Å²) in [7, 11) is 0. The van der Waals surface area contributed by atoms with Gasteiger partial charge in [-0.3, -0.25) is 10.2 Å². The maximum Gasteiger partial charge on any atom is 0.298 e. The number of nitrogens with zero attached hydrogens (tertiary/aromatic N) is 3. The number of amides is 1. The Kier molecular flexibility index (Phi) is 5.83. The van der Waals surface area contributed by atoms with E-state index >= 15 is 0 Å². The summed E-state index contributed by atoms with van der Waals surface area (Å²) in [6.45, 7) is 3.15. The van der Waals surface area contributed by atoms with Gasteiger partial charge in [0.15, 0.2) is 0 Å². The lowest BCUT2D eigenvalue weighted by molar-refractivity contribution is -0.144. The summed E-state index contributed by atoms with van der Waals surface area (Å²) in [5, 5.41) is 12.3. The number of carbonyl (C=O) groups excluding carboxylic acids is 1. The Hall–Kier alpha value is -4.38. The first-order valence-electron chi connectivity index (χ1n) is 11.5. The molecule has 3 aromatic rings. The Bertz CT molecular complexity index is 1310. The van der Waals surface area contributed by atoms with Crippen LogP contribution in [-0.4, -0.2) is 45.6 Å². The van der Waals surface area contributed by atoms with E-state index < -0.39 is 0 Å². The normalized spacial score (nSPS) is 15.9. The van der Waals surface area contributed by atoms with Crippen LogP contribution in [0.5, 0.6) is 11.5 Å². The predicted octanol–water partition coefficient (Wildman–Crippen LogP) is 3.69. The third-order valence-corrected chi connectivity index (χ3v) is 6.52. The molecular formula is C27H26N6O2. The van der Waals surface area contributed by atoms with Crippen molar-refractivity contribution in [1.29, 1.82) is 5.41 Å². The van der Waals surface area contributed by atoms with Crippen LogP contribution in [0.3, 0.4) is 0 Å². The number of hydrogen-bond donors (Lipinski definition) is 3. The Morgan fingerprint density at radius 3 is 2.49 bits per heavy atom. The van der Waals surface area contributed by atoms with Gasteiger partial charge in [-0.05, 0) is 62.1 Å². The standard InChI is InChI=1S/C27H26N6O2/c1-2-6-22(34)33-15-27(16-33)13-19(14-27)32-26-23(25(29)30-17-31-26)24(28)18-9-11-21(12-10-18)35-20-7-4-3-5-8-20/h3-5,7-12,17,19,28H,13-16H2,1H3,(H3,29,30,31,32). The van der Waals surface area contributed by atoms with Crippen molar-refractivity contribution in [3.05, 3.63) is 72.1 Å². The zero-order valence-corrected chi connectivity index (χ0v) is 19.4. The van der Waals surface area contributed by atoms with Crippen molar-refractivity contribution in [2.75, 3.05) is 24.1 Å². The zero-order chi connectivity index (χ0) is 24.4. The topological polar surface area (TPSA) is 117 Å². The van der Waals surface area contributed by atoms with Crippen molar-refractivity contribution in [2.45, 2.75) is 25.8 Å². The van der Waals surface area contributed by atoms with E-state index in [1.54, 1.807) is 11.8 Å². The molecule has 2 aliphatic rings. The average molecular weight is 467 g/mol. The summed E-state index contributed by atoms with van der Waals surface area (Å²) in [4.78, 5) is 22.2. The van der Waals surface area contributed by atoms with Crippen LogP contribution in [0.15, 0.2) is 60.9 Å². The number of rotatable bonds is 6. The molecule has 35 heavy (non-hydrogen) atoms. The second kappa shape index (κ2) is 9.11. The molecule has 8 heteroatoms. The third kappa shape index (κ3) is 4.53. The molecule has 2 fully saturated rings. The van der Waals surface area contributed by atoms with Gasteiger partial charge < -0.3 is 20.7 Å².